The molecule has 0 bridgehead atoms. The van der Waals surface area contributed by atoms with Gasteiger partial charge in [-0.1, -0.05) is 72.0 Å². The molecule has 0 aliphatic rings. The number of aromatic carboxylic acids is 1. The van der Waals surface area contributed by atoms with Gasteiger partial charge in [0.05, 0.1) is 12.2 Å². The normalized spacial score (nSPS) is 10.6. The van der Waals surface area contributed by atoms with Gasteiger partial charge in [0.15, 0.2) is 0 Å². The fourth-order valence-corrected chi connectivity index (χ4v) is 3.32. The molecule has 128 valence electrons. The maximum atomic E-state index is 11.3. The Balaban J connectivity index is 1.83. The van der Waals surface area contributed by atoms with Crippen LogP contribution in [0.5, 0.6) is 0 Å². The topological polar surface area (TPSA) is 65.5 Å². The van der Waals surface area contributed by atoms with Gasteiger partial charge in [0.2, 0.25) is 5.13 Å². The highest BCUT2D eigenvalue weighted by Gasteiger charge is 2.18. The van der Waals surface area contributed by atoms with Crippen molar-refractivity contribution in [1.82, 2.24) is 10.4 Å². The van der Waals surface area contributed by atoms with E-state index >= 15 is 0 Å². The van der Waals surface area contributed by atoms with E-state index in [1.165, 1.54) is 11.3 Å². The van der Waals surface area contributed by atoms with Crippen molar-refractivity contribution in [2.24, 2.45) is 0 Å². The average molecular weight is 353 g/mol. The van der Waals surface area contributed by atoms with Gasteiger partial charge in [-0.3, -0.25) is 5.01 Å². The van der Waals surface area contributed by atoms with Gasteiger partial charge < -0.3 is 5.11 Å². The highest BCUT2D eigenvalue weighted by atomic mass is 32.1. The van der Waals surface area contributed by atoms with E-state index in [-0.39, 0.29) is 4.88 Å². The number of thiazole rings is 1. The van der Waals surface area contributed by atoms with E-state index in [0.29, 0.717) is 23.9 Å². The minimum absolute atomic E-state index is 0.273. The third-order valence-corrected chi connectivity index (χ3v) is 4.88. The fourth-order valence-electron chi connectivity index (χ4n) is 2.44. The molecule has 3 aromatic rings. The van der Waals surface area contributed by atoms with Crippen molar-refractivity contribution in [2.75, 3.05) is 5.01 Å². The molecule has 0 fully saturated rings. The zero-order valence-corrected chi connectivity index (χ0v) is 14.7. The summed E-state index contributed by atoms with van der Waals surface area (Å²) < 4.78 is 0. The lowest BCUT2D eigenvalue weighted by molar-refractivity contribution is 0.0701. The molecule has 0 amide bonds. The Morgan fingerprint density at radius 1 is 1.08 bits per heavy atom. The molecule has 0 atom stereocenters. The number of rotatable bonds is 7. The number of benzene rings is 2. The van der Waals surface area contributed by atoms with Crippen LogP contribution in [0, 0.1) is 6.92 Å². The van der Waals surface area contributed by atoms with E-state index in [0.717, 1.165) is 11.1 Å². The molecule has 3 rings (SSSR count). The molecule has 1 heterocycles. The van der Waals surface area contributed by atoms with E-state index in [2.05, 4.69) is 10.4 Å². The molecule has 0 saturated carbocycles. The van der Waals surface area contributed by atoms with E-state index < -0.39 is 5.97 Å². The number of anilines is 1. The summed E-state index contributed by atoms with van der Waals surface area (Å²) >= 11 is 1.18. The Morgan fingerprint density at radius 2 is 1.68 bits per heavy atom. The van der Waals surface area contributed by atoms with Crippen molar-refractivity contribution in [3.05, 3.63) is 82.4 Å². The predicted molar refractivity (Wildman–Crippen MR) is 99.7 cm³/mol. The second-order valence-corrected chi connectivity index (χ2v) is 6.59. The van der Waals surface area contributed by atoms with E-state index in [1.54, 1.807) is 6.92 Å². The van der Waals surface area contributed by atoms with Gasteiger partial charge in [-0.15, -0.1) is 0 Å². The second kappa shape index (κ2) is 7.92. The Kier molecular flexibility index (Phi) is 5.42. The average Bonchev–Trinajstić information content (AvgIpc) is 3.02. The first-order chi connectivity index (χ1) is 12.1. The third-order valence-electron chi connectivity index (χ3n) is 3.71. The zero-order chi connectivity index (χ0) is 17.6. The molecule has 6 heteroatoms. The number of carboxylic acid groups (broad SMARTS) is 1. The van der Waals surface area contributed by atoms with Crippen molar-refractivity contribution < 1.29 is 9.90 Å². The van der Waals surface area contributed by atoms with Gasteiger partial charge in [-0.05, 0) is 18.1 Å². The molecule has 2 N–H and O–H groups in total. The number of aromatic nitrogens is 1. The molecule has 25 heavy (non-hydrogen) atoms. The molecule has 0 unspecified atom stereocenters. The van der Waals surface area contributed by atoms with Crippen LogP contribution < -0.4 is 10.4 Å². The van der Waals surface area contributed by atoms with E-state index in [4.69, 9.17) is 0 Å². The number of nitrogens with one attached hydrogen (secondary N) is 1. The Labute approximate surface area is 150 Å². The number of carbonyl (C=O) groups is 1. The summed E-state index contributed by atoms with van der Waals surface area (Å²) in [5.74, 6) is -0.941. The summed E-state index contributed by atoms with van der Waals surface area (Å²) in [6.45, 7) is 2.95. The summed E-state index contributed by atoms with van der Waals surface area (Å²) in [4.78, 5) is 16.0. The van der Waals surface area contributed by atoms with Crippen molar-refractivity contribution in [3.8, 4) is 0 Å². The maximum Gasteiger partial charge on any atom is 0.347 e. The minimum Gasteiger partial charge on any atom is -0.477 e. The number of hydrogen-bond donors (Lipinski definition) is 2. The highest BCUT2D eigenvalue weighted by Crippen LogP contribution is 2.26. The zero-order valence-electron chi connectivity index (χ0n) is 13.8. The van der Waals surface area contributed by atoms with Gasteiger partial charge in [-0.25, -0.2) is 15.2 Å². The summed E-state index contributed by atoms with van der Waals surface area (Å²) in [7, 11) is 0. The Hall–Kier alpha value is -2.70. The van der Waals surface area contributed by atoms with Crippen molar-refractivity contribution in [3.63, 3.8) is 0 Å². The predicted octanol–water partition coefficient (Wildman–Crippen LogP) is 3.86. The molecule has 0 radical (unpaired) electrons. The molecule has 5 nitrogen and oxygen atoms in total. The molecule has 2 aromatic carbocycles. The Bertz CT molecular complexity index is 834. The van der Waals surface area contributed by atoms with Crippen molar-refractivity contribution in [2.45, 2.75) is 20.0 Å². The second-order valence-electron chi connectivity index (χ2n) is 5.61. The standard InChI is InChI=1S/C19H19N3O2S/c1-14-17(18(23)24)25-19(21-14)22(13-16-10-6-3-7-11-16)20-12-15-8-4-2-5-9-15/h2-11,20H,12-13H2,1H3,(H,23,24). The van der Waals surface area contributed by atoms with Crippen LogP contribution in [0.25, 0.3) is 0 Å². The summed E-state index contributed by atoms with van der Waals surface area (Å²) in [5.41, 5.74) is 6.17. The van der Waals surface area contributed by atoms with E-state index in [9.17, 15) is 9.90 Å². The van der Waals surface area contributed by atoms with E-state index in [1.807, 2.05) is 65.7 Å². The van der Waals surface area contributed by atoms with Crippen LogP contribution in [0.2, 0.25) is 0 Å². The lowest BCUT2D eigenvalue weighted by Gasteiger charge is -2.23. The van der Waals surface area contributed by atoms with Crippen LogP contribution in [0.3, 0.4) is 0 Å². The van der Waals surface area contributed by atoms with Gasteiger partial charge in [0.25, 0.3) is 0 Å². The summed E-state index contributed by atoms with van der Waals surface area (Å²) in [5, 5.41) is 11.8. The number of carboxylic acids is 1. The van der Waals surface area contributed by atoms with Crippen LogP contribution in [0.15, 0.2) is 60.7 Å². The van der Waals surface area contributed by atoms with Gasteiger partial charge >= 0.3 is 5.97 Å². The Morgan fingerprint density at radius 3 is 2.24 bits per heavy atom. The SMILES string of the molecule is Cc1nc(N(Cc2ccccc2)NCc2ccccc2)sc1C(=O)O. The number of hydrazine groups is 1. The number of nitrogens with zero attached hydrogens (tertiary/aromatic N) is 2. The molecule has 0 aliphatic carbocycles. The van der Waals surface area contributed by atoms with Gasteiger partial charge in [0, 0.05) is 6.54 Å². The minimum atomic E-state index is -0.941. The smallest absolute Gasteiger partial charge is 0.347 e. The lowest BCUT2D eigenvalue weighted by atomic mass is 10.2. The van der Waals surface area contributed by atoms with Gasteiger partial charge in [-0.2, -0.15) is 0 Å². The first kappa shape index (κ1) is 17.1. The summed E-state index contributed by atoms with van der Waals surface area (Å²) in [6, 6.07) is 20.1. The maximum absolute atomic E-state index is 11.3. The number of hydrogen-bond acceptors (Lipinski definition) is 5. The lowest BCUT2D eigenvalue weighted by Crippen LogP contribution is -2.37. The highest BCUT2D eigenvalue weighted by molar-refractivity contribution is 7.17. The van der Waals surface area contributed by atoms with Crippen molar-refractivity contribution in [1.29, 1.82) is 0 Å². The molecule has 1 aromatic heterocycles. The van der Waals surface area contributed by atoms with Gasteiger partial charge in [0.1, 0.15) is 4.88 Å². The first-order valence-corrected chi connectivity index (χ1v) is 8.75. The van der Waals surface area contributed by atoms with Crippen LogP contribution >= 0.6 is 11.3 Å². The summed E-state index contributed by atoms with van der Waals surface area (Å²) in [6.07, 6.45) is 0. The van der Waals surface area contributed by atoms with Crippen LogP contribution in [-0.2, 0) is 13.1 Å². The first-order valence-electron chi connectivity index (χ1n) is 7.93. The van der Waals surface area contributed by atoms with Crippen molar-refractivity contribution >= 4 is 22.4 Å². The van der Waals surface area contributed by atoms with Crippen LogP contribution in [-0.4, -0.2) is 16.1 Å². The largest absolute Gasteiger partial charge is 0.477 e. The number of aryl methyl sites for hydroxylation is 1. The van der Waals surface area contributed by atoms with Crippen LogP contribution in [0.4, 0.5) is 5.13 Å². The van der Waals surface area contributed by atoms with Crippen LogP contribution in [0.1, 0.15) is 26.5 Å². The molecular weight excluding hydrogens is 334 g/mol. The fraction of sp³-hybridized carbons (Fsp3) is 0.158. The quantitative estimate of drug-likeness (QED) is 0.632. The molecule has 0 spiro atoms. The third kappa shape index (κ3) is 4.43. The molecular formula is C19H19N3O2S. The molecule has 0 saturated heterocycles. The monoisotopic (exact) mass is 353 g/mol. The molecule has 0 aliphatic heterocycles.